The van der Waals surface area contributed by atoms with Crippen LogP contribution >= 0.6 is 0 Å². The molecule has 0 radical (unpaired) electrons. The molecule has 1 aromatic rings. The molecule has 0 aliphatic rings. The molecule has 0 aliphatic heterocycles. The molecule has 1 amide bonds. The fourth-order valence-corrected chi connectivity index (χ4v) is 0.570. The standard InChI is InChI=1S/C5H7N5O/c6-5(7)10-4(11)3-1-8-9-2-3/h1-2H,(H,8,9)(H4,6,7,10,11). The maximum Gasteiger partial charge on any atom is 0.261 e. The fourth-order valence-electron chi connectivity index (χ4n) is 0.570. The van der Waals surface area contributed by atoms with Crippen LogP contribution in [0, 0.1) is 5.41 Å². The summed E-state index contributed by atoms with van der Waals surface area (Å²) < 4.78 is 0. The summed E-state index contributed by atoms with van der Waals surface area (Å²) in [5.41, 5.74) is 5.27. The minimum atomic E-state index is -0.439. The number of nitrogens with two attached hydrogens (primary N) is 1. The van der Waals surface area contributed by atoms with E-state index in [0.29, 0.717) is 5.56 Å². The molecule has 0 fully saturated rings. The Labute approximate surface area is 62.3 Å². The van der Waals surface area contributed by atoms with E-state index < -0.39 is 5.91 Å². The molecule has 5 N–H and O–H groups in total. The molecule has 11 heavy (non-hydrogen) atoms. The number of carbonyl (C=O) groups excluding carboxylic acids is 1. The van der Waals surface area contributed by atoms with Gasteiger partial charge < -0.3 is 5.73 Å². The Hall–Kier alpha value is -1.85. The summed E-state index contributed by atoms with van der Waals surface area (Å²) in [7, 11) is 0. The van der Waals surface area contributed by atoms with Gasteiger partial charge >= 0.3 is 0 Å². The first-order valence-electron chi connectivity index (χ1n) is 2.84. The third-order valence-corrected chi connectivity index (χ3v) is 1.01. The zero-order chi connectivity index (χ0) is 8.27. The van der Waals surface area contributed by atoms with Gasteiger partial charge in [0.15, 0.2) is 5.96 Å². The summed E-state index contributed by atoms with van der Waals surface area (Å²) in [6.45, 7) is 0. The Kier molecular flexibility index (Phi) is 1.86. The molecule has 0 spiro atoms. The van der Waals surface area contributed by atoms with Gasteiger partial charge in [0.2, 0.25) is 0 Å². The quantitative estimate of drug-likeness (QED) is 0.308. The molecule has 0 bridgehead atoms. The smallest absolute Gasteiger partial charge is 0.261 e. The molecular weight excluding hydrogens is 146 g/mol. The molecule has 0 saturated carbocycles. The van der Waals surface area contributed by atoms with E-state index >= 15 is 0 Å². The van der Waals surface area contributed by atoms with E-state index in [2.05, 4.69) is 15.5 Å². The number of H-pyrrole nitrogens is 1. The normalized spacial score (nSPS) is 9.09. The van der Waals surface area contributed by atoms with Gasteiger partial charge in [0, 0.05) is 6.20 Å². The predicted octanol–water partition coefficient (Wildman–Crippen LogP) is -0.967. The number of nitrogens with zero attached hydrogens (tertiary/aromatic N) is 1. The van der Waals surface area contributed by atoms with Gasteiger partial charge in [0.25, 0.3) is 5.91 Å². The van der Waals surface area contributed by atoms with Crippen LogP contribution in [0.2, 0.25) is 0 Å². The van der Waals surface area contributed by atoms with Gasteiger partial charge in [0.05, 0.1) is 11.8 Å². The molecule has 0 atom stereocenters. The Balaban J connectivity index is 2.64. The summed E-state index contributed by atoms with van der Waals surface area (Å²) in [5.74, 6) is -0.817. The molecule has 1 heterocycles. The van der Waals surface area contributed by atoms with Gasteiger partial charge in [-0.1, -0.05) is 0 Å². The zero-order valence-corrected chi connectivity index (χ0v) is 5.59. The molecule has 1 rings (SSSR count). The number of nitrogens with one attached hydrogen (secondary N) is 3. The summed E-state index contributed by atoms with van der Waals surface area (Å²) in [6, 6.07) is 0. The van der Waals surface area contributed by atoms with Gasteiger partial charge in [-0.25, -0.2) is 0 Å². The summed E-state index contributed by atoms with van der Waals surface area (Å²) in [4.78, 5) is 10.9. The number of carbonyl (C=O) groups is 1. The van der Waals surface area contributed by atoms with Crippen molar-refractivity contribution in [2.75, 3.05) is 0 Å². The van der Waals surface area contributed by atoms with Gasteiger partial charge in [0.1, 0.15) is 0 Å². The lowest BCUT2D eigenvalue weighted by atomic mass is 10.3. The topological polar surface area (TPSA) is 108 Å². The lowest BCUT2D eigenvalue weighted by molar-refractivity contribution is 0.0976. The molecule has 0 aliphatic carbocycles. The number of aromatic amines is 1. The summed E-state index contributed by atoms with van der Waals surface area (Å²) >= 11 is 0. The van der Waals surface area contributed by atoms with Gasteiger partial charge in [-0.15, -0.1) is 0 Å². The highest BCUT2D eigenvalue weighted by Crippen LogP contribution is 1.91. The van der Waals surface area contributed by atoms with Crippen molar-refractivity contribution in [1.82, 2.24) is 15.5 Å². The summed E-state index contributed by atoms with van der Waals surface area (Å²) in [5, 5.41) is 14.9. The molecule has 6 heteroatoms. The van der Waals surface area contributed by atoms with Crippen LogP contribution in [0.15, 0.2) is 12.4 Å². The SMILES string of the molecule is N=C(N)NC(=O)c1cn[nH]c1. The van der Waals surface area contributed by atoms with Gasteiger partial charge in [-0.2, -0.15) is 5.10 Å². The first kappa shape index (κ1) is 7.26. The second kappa shape index (κ2) is 2.82. The molecule has 0 unspecified atom stereocenters. The van der Waals surface area contributed by atoms with E-state index in [0.717, 1.165) is 0 Å². The fraction of sp³-hybridized carbons (Fsp3) is 0. The first-order chi connectivity index (χ1) is 5.20. The average Bonchev–Trinajstić information content (AvgIpc) is 2.35. The molecule has 6 nitrogen and oxygen atoms in total. The molecular formula is C5H7N5O. The zero-order valence-electron chi connectivity index (χ0n) is 5.59. The lowest BCUT2D eigenvalue weighted by Crippen LogP contribution is -2.35. The molecule has 58 valence electrons. The highest BCUT2D eigenvalue weighted by molar-refractivity contribution is 6.04. The van der Waals surface area contributed by atoms with Crippen LogP contribution in [0.1, 0.15) is 10.4 Å². The van der Waals surface area contributed by atoms with Crippen LogP contribution in [0.4, 0.5) is 0 Å². The Morgan fingerprint density at radius 2 is 2.55 bits per heavy atom. The second-order valence-corrected chi connectivity index (χ2v) is 1.85. The van der Waals surface area contributed by atoms with E-state index in [4.69, 9.17) is 11.1 Å². The maximum absolute atomic E-state index is 10.9. The number of amides is 1. The number of hydrogen-bond donors (Lipinski definition) is 4. The van der Waals surface area contributed by atoms with Crippen molar-refractivity contribution < 1.29 is 4.79 Å². The summed E-state index contributed by atoms with van der Waals surface area (Å²) in [6.07, 6.45) is 2.76. The van der Waals surface area contributed by atoms with E-state index in [1.165, 1.54) is 12.4 Å². The van der Waals surface area contributed by atoms with Crippen molar-refractivity contribution in [3.63, 3.8) is 0 Å². The number of aromatic nitrogens is 2. The van der Waals surface area contributed by atoms with Crippen LogP contribution in [-0.2, 0) is 0 Å². The van der Waals surface area contributed by atoms with Crippen molar-refractivity contribution in [2.45, 2.75) is 0 Å². The molecule has 0 saturated heterocycles. The van der Waals surface area contributed by atoms with Gasteiger partial charge in [-0.05, 0) is 0 Å². The number of rotatable bonds is 1. The number of hydrogen-bond acceptors (Lipinski definition) is 3. The van der Waals surface area contributed by atoms with Crippen LogP contribution in [0.25, 0.3) is 0 Å². The third kappa shape index (κ3) is 1.78. The van der Waals surface area contributed by atoms with Crippen molar-refractivity contribution in [2.24, 2.45) is 5.73 Å². The Bertz CT molecular complexity index is 264. The van der Waals surface area contributed by atoms with Gasteiger partial charge in [-0.3, -0.25) is 20.6 Å². The van der Waals surface area contributed by atoms with Crippen molar-refractivity contribution in [1.29, 1.82) is 5.41 Å². The lowest BCUT2D eigenvalue weighted by Gasteiger charge is -1.97. The van der Waals surface area contributed by atoms with E-state index in [9.17, 15) is 4.79 Å². The van der Waals surface area contributed by atoms with Crippen LogP contribution in [0.3, 0.4) is 0 Å². The average molecular weight is 153 g/mol. The predicted molar refractivity (Wildman–Crippen MR) is 38.0 cm³/mol. The van der Waals surface area contributed by atoms with Crippen molar-refractivity contribution in [3.8, 4) is 0 Å². The van der Waals surface area contributed by atoms with E-state index in [-0.39, 0.29) is 5.96 Å². The highest BCUT2D eigenvalue weighted by atomic mass is 16.1. The minimum Gasteiger partial charge on any atom is -0.370 e. The van der Waals surface area contributed by atoms with E-state index in [1.54, 1.807) is 0 Å². The maximum atomic E-state index is 10.9. The highest BCUT2D eigenvalue weighted by Gasteiger charge is 2.05. The molecule has 0 aromatic carbocycles. The second-order valence-electron chi connectivity index (χ2n) is 1.85. The Morgan fingerprint density at radius 1 is 1.82 bits per heavy atom. The Morgan fingerprint density at radius 3 is 3.00 bits per heavy atom. The van der Waals surface area contributed by atoms with E-state index in [1.807, 2.05) is 0 Å². The number of guanidine groups is 1. The third-order valence-electron chi connectivity index (χ3n) is 1.01. The van der Waals surface area contributed by atoms with Crippen LogP contribution in [0.5, 0.6) is 0 Å². The monoisotopic (exact) mass is 153 g/mol. The van der Waals surface area contributed by atoms with Crippen molar-refractivity contribution >= 4 is 11.9 Å². The largest absolute Gasteiger partial charge is 0.370 e. The first-order valence-corrected chi connectivity index (χ1v) is 2.84. The minimum absolute atomic E-state index is 0.347. The molecule has 1 aromatic heterocycles. The van der Waals surface area contributed by atoms with Crippen LogP contribution in [-0.4, -0.2) is 22.1 Å². The van der Waals surface area contributed by atoms with Crippen LogP contribution < -0.4 is 11.1 Å². The van der Waals surface area contributed by atoms with Crippen molar-refractivity contribution in [3.05, 3.63) is 18.0 Å².